The third-order valence-corrected chi connectivity index (χ3v) is 4.30. The van der Waals surface area contributed by atoms with E-state index in [1.165, 1.54) is 0 Å². The fraction of sp³-hybridized carbons (Fsp3) is 0.500. The lowest BCUT2D eigenvalue weighted by atomic mass is 10.0. The Morgan fingerprint density at radius 3 is 3.00 bits per heavy atom. The number of nitrogens with one attached hydrogen (secondary N) is 1. The number of ether oxygens (including phenoxy) is 1. The summed E-state index contributed by atoms with van der Waals surface area (Å²) in [5.74, 6) is 1.18. The highest BCUT2D eigenvalue weighted by Crippen LogP contribution is 2.29. The molecule has 0 bridgehead atoms. The Balaban J connectivity index is 1.84. The van der Waals surface area contributed by atoms with E-state index in [9.17, 15) is 5.11 Å². The number of fused-ring (bicyclic) bond motifs is 1. The van der Waals surface area contributed by atoms with E-state index in [0.29, 0.717) is 27.0 Å². The molecule has 0 spiro atoms. The zero-order chi connectivity index (χ0) is 14.1. The highest BCUT2D eigenvalue weighted by molar-refractivity contribution is 9.10. The molecule has 1 fully saturated rings. The Hall–Kier alpha value is -1.05. The smallest absolute Gasteiger partial charge is 0.247 e. The summed E-state index contributed by atoms with van der Waals surface area (Å²) in [7, 11) is 0. The summed E-state index contributed by atoms with van der Waals surface area (Å²) in [6, 6.07) is 1.70. The number of rotatable bonds is 3. The number of aromatic hydroxyl groups is 1. The van der Waals surface area contributed by atoms with Crippen LogP contribution in [0.5, 0.6) is 5.88 Å². The summed E-state index contributed by atoms with van der Waals surface area (Å²) in [4.78, 5) is 4.15. The van der Waals surface area contributed by atoms with Crippen molar-refractivity contribution in [3.8, 4) is 5.88 Å². The zero-order valence-electron chi connectivity index (χ0n) is 10.6. The normalized spacial score (nSPS) is 16.7. The third-order valence-electron chi connectivity index (χ3n) is 3.40. The van der Waals surface area contributed by atoms with E-state index in [1.54, 1.807) is 10.6 Å². The van der Waals surface area contributed by atoms with Gasteiger partial charge in [-0.3, -0.25) is 0 Å². The lowest BCUT2D eigenvalue weighted by Crippen LogP contribution is -2.23. The maximum atomic E-state index is 9.67. The first-order valence-electron chi connectivity index (χ1n) is 6.40. The predicted molar refractivity (Wildman–Crippen MR) is 79.4 cm³/mol. The topological polar surface area (TPSA) is 71.7 Å². The van der Waals surface area contributed by atoms with Crippen molar-refractivity contribution in [2.45, 2.75) is 12.8 Å². The average molecular weight is 362 g/mol. The molecule has 0 unspecified atom stereocenters. The van der Waals surface area contributed by atoms with Crippen molar-refractivity contribution in [2.24, 2.45) is 5.92 Å². The minimum absolute atomic E-state index is 0.103. The van der Waals surface area contributed by atoms with Gasteiger partial charge in [0.05, 0.1) is 0 Å². The monoisotopic (exact) mass is 360 g/mol. The van der Waals surface area contributed by atoms with Crippen LogP contribution < -0.4 is 5.32 Å². The first-order chi connectivity index (χ1) is 9.65. The molecule has 1 aliphatic rings. The molecule has 2 N–H and O–H groups in total. The number of anilines is 1. The molecule has 3 rings (SSSR count). The maximum Gasteiger partial charge on any atom is 0.247 e. The van der Waals surface area contributed by atoms with Gasteiger partial charge in [-0.1, -0.05) is 11.6 Å². The molecule has 0 atom stereocenters. The van der Waals surface area contributed by atoms with Crippen molar-refractivity contribution in [2.75, 3.05) is 25.1 Å². The van der Waals surface area contributed by atoms with Crippen molar-refractivity contribution >= 4 is 39.0 Å². The standard InChI is InChI=1S/C12H14BrClN4O2/c13-10-11-16-8(14)5-9(18(11)17-12(10)19)15-6-7-1-3-20-4-2-7/h5,7,15H,1-4,6H2,(H,17,19). The van der Waals surface area contributed by atoms with Crippen LogP contribution in [-0.4, -0.2) is 39.5 Å². The summed E-state index contributed by atoms with van der Waals surface area (Å²) < 4.78 is 7.33. The van der Waals surface area contributed by atoms with E-state index in [0.717, 1.165) is 32.6 Å². The highest BCUT2D eigenvalue weighted by Gasteiger charge is 2.17. The SMILES string of the molecule is Oc1nn2c(NCC3CCOCC3)cc(Cl)nc2c1Br. The van der Waals surface area contributed by atoms with Gasteiger partial charge in [-0.05, 0) is 34.7 Å². The van der Waals surface area contributed by atoms with Crippen LogP contribution in [0.4, 0.5) is 5.82 Å². The molecular weight excluding hydrogens is 348 g/mol. The third kappa shape index (κ3) is 2.70. The van der Waals surface area contributed by atoms with Gasteiger partial charge in [-0.15, -0.1) is 5.10 Å². The number of halogens is 2. The second-order valence-corrected chi connectivity index (χ2v) is 5.95. The number of aromatic nitrogens is 3. The van der Waals surface area contributed by atoms with E-state index < -0.39 is 0 Å². The van der Waals surface area contributed by atoms with E-state index >= 15 is 0 Å². The lowest BCUT2D eigenvalue weighted by Gasteiger charge is -2.22. The predicted octanol–water partition coefficient (Wildman–Crippen LogP) is 2.69. The van der Waals surface area contributed by atoms with E-state index in [1.807, 2.05) is 0 Å². The average Bonchev–Trinajstić information content (AvgIpc) is 2.74. The summed E-state index contributed by atoms with van der Waals surface area (Å²) in [5, 5.41) is 17.4. The van der Waals surface area contributed by atoms with Gasteiger partial charge in [0.15, 0.2) is 5.65 Å². The molecule has 2 aromatic rings. The summed E-state index contributed by atoms with van der Waals surface area (Å²) in [6.45, 7) is 2.44. The largest absolute Gasteiger partial charge is 0.491 e. The minimum Gasteiger partial charge on any atom is -0.491 e. The van der Waals surface area contributed by atoms with Crippen LogP contribution in [0, 0.1) is 5.92 Å². The Morgan fingerprint density at radius 1 is 1.50 bits per heavy atom. The molecule has 2 aromatic heterocycles. The quantitative estimate of drug-likeness (QED) is 0.823. The van der Waals surface area contributed by atoms with Gasteiger partial charge >= 0.3 is 0 Å². The van der Waals surface area contributed by atoms with Crippen LogP contribution in [0.1, 0.15) is 12.8 Å². The number of hydrogen-bond acceptors (Lipinski definition) is 5. The molecule has 0 saturated carbocycles. The number of nitrogens with zero attached hydrogens (tertiary/aromatic N) is 3. The first kappa shape index (κ1) is 13.9. The van der Waals surface area contributed by atoms with Crippen LogP contribution in [-0.2, 0) is 4.74 Å². The van der Waals surface area contributed by atoms with Crippen LogP contribution in [0.15, 0.2) is 10.5 Å². The van der Waals surface area contributed by atoms with Crippen LogP contribution in [0.2, 0.25) is 5.15 Å². The molecule has 0 aromatic carbocycles. The fourth-order valence-electron chi connectivity index (χ4n) is 2.28. The molecule has 108 valence electrons. The Bertz CT molecular complexity index is 627. The maximum absolute atomic E-state index is 9.67. The van der Waals surface area contributed by atoms with Gasteiger partial charge in [-0.25, -0.2) is 4.98 Å². The van der Waals surface area contributed by atoms with Crippen LogP contribution >= 0.6 is 27.5 Å². The lowest BCUT2D eigenvalue weighted by molar-refractivity contribution is 0.0699. The van der Waals surface area contributed by atoms with Crippen LogP contribution in [0.25, 0.3) is 5.65 Å². The molecular formula is C12H14BrClN4O2. The van der Waals surface area contributed by atoms with E-state index in [-0.39, 0.29) is 5.88 Å². The first-order valence-corrected chi connectivity index (χ1v) is 7.57. The van der Waals surface area contributed by atoms with Crippen LogP contribution in [0.3, 0.4) is 0 Å². The van der Waals surface area contributed by atoms with Gasteiger partial charge < -0.3 is 15.2 Å². The van der Waals surface area contributed by atoms with E-state index in [4.69, 9.17) is 16.3 Å². The molecule has 0 radical (unpaired) electrons. The number of hydrogen-bond donors (Lipinski definition) is 2. The Labute approximate surface area is 129 Å². The molecule has 0 amide bonds. The van der Waals surface area contributed by atoms with Gasteiger partial charge in [-0.2, -0.15) is 4.52 Å². The molecule has 20 heavy (non-hydrogen) atoms. The van der Waals surface area contributed by atoms with Crippen molar-refractivity contribution in [1.29, 1.82) is 0 Å². The van der Waals surface area contributed by atoms with E-state index in [2.05, 4.69) is 31.3 Å². The summed E-state index contributed by atoms with van der Waals surface area (Å²) in [6.07, 6.45) is 2.09. The molecule has 6 nitrogen and oxygen atoms in total. The van der Waals surface area contributed by atoms with Gasteiger partial charge in [0.25, 0.3) is 0 Å². The molecule has 8 heteroatoms. The summed E-state index contributed by atoms with van der Waals surface area (Å²) in [5.41, 5.74) is 0.490. The molecule has 0 aliphatic carbocycles. The summed E-state index contributed by atoms with van der Waals surface area (Å²) >= 11 is 9.26. The van der Waals surface area contributed by atoms with Crippen molar-refractivity contribution < 1.29 is 9.84 Å². The second kappa shape index (κ2) is 5.75. The van der Waals surface area contributed by atoms with Gasteiger partial charge in [0, 0.05) is 25.8 Å². The zero-order valence-corrected chi connectivity index (χ0v) is 13.0. The van der Waals surface area contributed by atoms with Crippen molar-refractivity contribution in [3.05, 3.63) is 15.7 Å². The Morgan fingerprint density at radius 2 is 2.25 bits per heavy atom. The molecule has 1 saturated heterocycles. The fourth-order valence-corrected chi connectivity index (χ4v) is 2.80. The minimum atomic E-state index is -0.103. The highest BCUT2D eigenvalue weighted by atomic mass is 79.9. The van der Waals surface area contributed by atoms with Gasteiger partial charge in [0.1, 0.15) is 15.4 Å². The van der Waals surface area contributed by atoms with Crippen molar-refractivity contribution in [1.82, 2.24) is 14.6 Å². The van der Waals surface area contributed by atoms with Gasteiger partial charge in [0.2, 0.25) is 5.88 Å². The second-order valence-electron chi connectivity index (χ2n) is 4.77. The molecule has 1 aliphatic heterocycles. The Kier molecular flexibility index (Phi) is 4.00. The molecule has 3 heterocycles. The van der Waals surface area contributed by atoms with Crippen molar-refractivity contribution in [3.63, 3.8) is 0 Å².